The van der Waals surface area contributed by atoms with Crippen molar-refractivity contribution in [2.75, 3.05) is 32.7 Å². The summed E-state index contributed by atoms with van der Waals surface area (Å²) in [6, 6.07) is 0.649. The first-order valence-corrected chi connectivity index (χ1v) is 8.34. The number of hydrogen-bond acceptors (Lipinski definition) is 3. The van der Waals surface area contributed by atoms with Crippen molar-refractivity contribution in [1.29, 1.82) is 0 Å². The minimum atomic E-state index is 0.0760. The Morgan fingerprint density at radius 3 is 2.25 bits per heavy atom. The van der Waals surface area contributed by atoms with Crippen molar-refractivity contribution < 1.29 is 4.79 Å². The number of likely N-dealkylation sites (tertiary alicyclic amines) is 2. The largest absolute Gasteiger partial charge is 0.341 e. The Balaban J connectivity index is 1.73. The SMILES string of the molecule is CC(C)NCC1CCN(C(C)C(=O)N2CCCC2)CC1. The quantitative estimate of drug-likeness (QED) is 0.833. The summed E-state index contributed by atoms with van der Waals surface area (Å²) >= 11 is 0. The Bertz CT molecular complexity index is 305. The number of hydrogen-bond donors (Lipinski definition) is 1. The summed E-state index contributed by atoms with van der Waals surface area (Å²) in [6.45, 7) is 11.7. The van der Waals surface area contributed by atoms with Gasteiger partial charge in [0.1, 0.15) is 0 Å². The third-order valence-corrected chi connectivity index (χ3v) is 4.79. The molecule has 0 radical (unpaired) electrons. The topological polar surface area (TPSA) is 35.6 Å². The predicted molar refractivity (Wildman–Crippen MR) is 82.7 cm³/mol. The molecule has 0 aromatic heterocycles. The molecule has 2 heterocycles. The molecule has 4 nitrogen and oxygen atoms in total. The number of rotatable bonds is 5. The van der Waals surface area contributed by atoms with Gasteiger partial charge >= 0.3 is 0 Å². The van der Waals surface area contributed by atoms with E-state index in [0.717, 1.165) is 38.6 Å². The zero-order valence-electron chi connectivity index (χ0n) is 13.4. The van der Waals surface area contributed by atoms with Crippen molar-refractivity contribution in [2.45, 2.75) is 58.5 Å². The Labute approximate surface area is 123 Å². The molecular weight excluding hydrogens is 250 g/mol. The van der Waals surface area contributed by atoms with Gasteiger partial charge in [-0.1, -0.05) is 13.8 Å². The number of piperidine rings is 1. The lowest BCUT2D eigenvalue weighted by molar-refractivity contribution is -0.135. The van der Waals surface area contributed by atoms with E-state index in [-0.39, 0.29) is 6.04 Å². The third-order valence-electron chi connectivity index (χ3n) is 4.79. The molecule has 2 fully saturated rings. The zero-order chi connectivity index (χ0) is 14.5. The molecular formula is C16H31N3O. The summed E-state index contributed by atoms with van der Waals surface area (Å²) in [5.41, 5.74) is 0. The molecule has 1 N–H and O–H groups in total. The van der Waals surface area contributed by atoms with E-state index in [1.165, 1.54) is 25.7 Å². The van der Waals surface area contributed by atoms with Crippen LogP contribution in [0.15, 0.2) is 0 Å². The van der Waals surface area contributed by atoms with E-state index < -0.39 is 0 Å². The van der Waals surface area contributed by atoms with Crippen LogP contribution in [0, 0.1) is 5.92 Å². The lowest BCUT2D eigenvalue weighted by Gasteiger charge is -2.37. The molecule has 116 valence electrons. The average molecular weight is 281 g/mol. The van der Waals surface area contributed by atoms with Gasteiger partial charge in [0.15, 0.2) is 0 Å². The van der Waals surface area contributed by atoms with E-state index in [2.05, 4.69) is 35.9 Å². The van der Waals surface area contributed by atoms with E-state index in [1.807, 2.05) is 0 Å². The summed E-state index contributed by atoms with van der Waals surface area (Å²) in [4.78, 5) is 16.8. The molecule has 1 atom stereocenters. The van der Waals surface area contributed by atoms with Crippen LogP contribution in [0.1, 0.15) is 46.5 Å². The highest BCUT2D eigenvalue weighted by Gasteiger charge is 2.30. The predicted octanol–water partition coefficient (Wildman–Crippen LogP) is 1.71. The highest BCUT2D eigenvalue weighted by molar-refractivity contribution is 5.81. The molecule has 1 amide bonds. The van der Waals surface area contributed by atoms with Crippen LogP contribution in [0.25, 0.3) is 0 Å². The summed E-state index contributed by atoms with van der Waals surface area (Å²) in [5.74, 6) is 1.13. The van der Waals surface area contributed by atoms with Gasteiger partial charge in [-0.05, 0) is 58.2 Å². The van der Waals surface area contributed by atoms with Gasteiger partial charge in [0, 0.05) is 19.1 Å². The van der Waals surface area contributed by atoms with Gasteiger partial charge in [0.05, 0.1) is 6.04 Å². The van der Waals surface area contributed by atoms with Crippen LogP contribution in [-0.2, 0) is 4.79 Å². The van der Waals surface area contributed by atoms with E-state index in [1.54, 1.807) is 0 Å². The Kier molecular flexibility index (Phi) is 5.85. The summed E-state index contributed by atoms with van der Waals surface area (Å²) in [5, 5.41) is 3.53. The first-order valence-electron chi connectivity index (χ1n) is 8.34. The van der Waals surface area contributed by atoms with Crippen molar-refractivity contribution >= 4 is 5.91 Å². The van der Waals surface area contributed by atoms with Gasteiger partial charge in [-0.25, -0.2) is 0 Å². The fourth-order valence-corrected chi connectivity index (χ4v) is 3.30. The standard InChI is InChI=1S/C16H31N3O/c1-13(2)17-12-15-6-10-18(11-7-15)14(3)16(20)19-8-4-5-9-19/h13-15,17H,4-12H2,1-3H3. The Morgan fingerprint density at radius 2 is 1.70 bits per heavy atom. The number of nitrogens with one attached hydrogen (secondary N) is 1. The second-order valence-electron chi connectivity index (χ2n) is 6.75. The highest BCUT2D eigenvalue weighted by atomic mass is 16.2. The maximum Gasteiger partial charge on any atom is 0.239 e. The molecule has 2 aliphatic rings. The molecule has 1 unspecified atom stereocenters. The molecule has 2 aliphatic heterocycles. The zero-order valence-corrected chi connectivity index (χ0v) is 13.4. The van der Waals surface area contributed by atoms with Crippen molar-refractivity contribution in [3.63, 3.8) is 0 Å². The van der Waals surface area contributed by atoms with E-state index in [9.17, 15) is 4.79 Å². The fraction of sp³-hybridized carbons (Fsp3) is 0.938. The molecule has 2 saturated heterocycles. The number of carbonyl (C=O) groups is 1. The second-order valence-corrected chi connectivity index (χ2v) is 6.75. The Hall–Kier alpha value is -0.610. The van der Waals surface area contributed by atoms with Gasteiger partial charge < -0.3 is 10.2 Å². The van der Waals surface area contributed by atoms with E-state index in [0.29, 0.717) is 11.9 Å². The average Bonchev–Trinajstić information content (AvgIpc) is 2.98. The molecule has 0 spiro atoms. The third kappa shape index (κ3) is 4.19. The van der Waals surface area contributed by atoms with Crippen LogP contribution in [0.3, 0.4) is 0 Å². The van der Waals surface area contributed by atoms with Crippen molar-refractivity contribution in [3.05, 3.63) is 0 Å². The van der Waals surface area contributed by atoms with Crippen molar-refractivity contribution in [1.82, 2.24) is 15.1 Å². The first-order chi connectivity index (χ1) is 9.58. The number of nitrogens with zero attached hydrogens (tertiary/aromatic N) is 2. The van der Waals surface area contributed by atoms with Crippen LogP contribution in [0.4, 0.5) is 0 Å². The van der Waals surface area contributed by atoms with Crippen LogP contribution in [0.5, 0.6) is 0 Å². The molecule has 20 heavy (non-hydrogen) atoms. The van der Waals surface area contributed by atoms with E-state index in [4.69, 9.17) is 0 Å². The number of carbonyl (C=O) groups excluding carboxylic acids is 1. The minimum absolute atomic E-state index is 0.0760. The second kappa shape index (κ2) is 7.41. The maximum absolute atomic E-state index is 12.4. The molecule has 2 rings (SSSR count). The smallest absolute Gasteiger partial charge is 0.239 e. The lowest BCUT2D eigenvalue weighted by Crippen LogP contribution is -2.49. The summed E-state index contributed by atoms with van der Waals surface area (Å²) < 4.78 is 0. The first kappa shape index (κ1) is 15.8. The van der Waals surface area contributed by atoms with Gasteiger partial charge in [-0.15, -0.1) is 0 Å². The highest BCUT2D eigenvalue weighted by Crippen LogP contribution is 2.20. The van der Waals surface area contributed by atoms with Gasteiger partial charge in [-0.3, -0.25) is 9.69 Å². The molecule has 0 saturated carbocycles. The minimum Gasteiger partial charge on any atom is -0.341 e. The van der Waals surface area contributed by atoms with Gasteiger partial charge in [0.25, 0.3) is 0 Å². The fourth-order valence-electron chi connectivity index (χ4n) is 3.30. The van der Waals surface area contributed by atoms with Crippen LogP contribution < -0.4 is 5.32 Å². The molecule has 0 bridgehead atoms. The monoisotopic (exact) mass is 281 g/mol. The van der Waals surface area contributed by atoms with Crippen LogP contribution >= 0.6 is 0 Å². The normalized spacial score (nSPS) is 23.5. The molecule has 0 aliphatic carbocycles. The molecule has 0 aromatic rings. The van der Waals surface area contributed by atoms with Gasteiger partial charge in [0.2, 0.25) is 5.91 Å². The summed E-state index contributed by atoms with van der Waals surface area (Å²) in [7, 11) is 0. The van der Waals surface area contributed by atoms with Crippen LogP contribution in [-0.4, -0.2) is 60.5 Å². The van der Waals surface area contributed by atoms with E-state index >= 15 is 0 Å². The lowest BCUT2D eigenvalue weighted by atomic mass is 9.95. The van der Waals surface area contributed by atoms with Crippen molar-refractivity contribution in [3.8, 4) is 0 Å². The maximum atomic E-state index is 12.4. The molecule has 0 aromatic carbocycles. The van der Waals surface area contributed by atoms with Gasteiger partial charge in [-0.2, -0.15) is 0 Å². The molecule has 4 heteroatoms. The number of amides is 1. The Morgan fingerprint density at radius 1 is 1.10 bits per heavy atom. The van der Waals surface area contributed by atoms with Crippen LogP contribution in [0.2, 0.25) is 0 Å². The van der Waals surface area contributed by atoms with Crippen molar-refractivity contribution in [2.24, 2.45) is 5.92 Å². The summed E-state index contributed by atoms with van der Waals surface area (Å²) in [6.07, 6.45) is 4.80.